The van der Waals surface area contributed by atoms with E-state index in [1.165, 1.54) is 50.5 Å². The number of hydrogen-bond acceptors (Lipinski definition) is 0. The minimum Gasteiger partial charge on any atom is -0.199 e. The van der Waals surface area contributed by atoms with Gasteiger partial charge in [0.25, 0.3) is 0 Å². The smallest absolute Gasteiger partial charge is 0.199 e. The van der Waals surface area contributed by atoms with Crippen molar-refractivity contribution in [3.8, 4) is 0 Å². The quantitative estimate of drug-likeness (QED) is 0.640. The van der Waals surface area contributed by atoms with Crippen LogP contribution in [0.3, 0.4) is 0 Å². The molecule has 0 saturated heterocycles. The molecule has 8 rings (SSSR count). The van der Waals surface area contributed by atoms with Crippen LogP contribution in [0.25, 0.3) is 18.2 Å². The van der Waals surface area contributed by atoms with E-state index < -0.39 is 5.91 Å². The van der Waals surface area contributed by atoms with Gasteiger partial charge in [-0.2, -0.15) is 9.13 Å². The SMILES string of the molecule is CC1=C2C=CC3=[N+]2C24n5c(ccc5C=c5ccc(n52)=C3)C=C2C=CC1=[N+]24. The Morgan fingerprint density at radius 1 is 0.769 bits per heavy atom. The maximum Gasteiger partial charge on any atom is 0.553 e. The minimum atomic E-state index is -0.442. The van der Waals surface area contributed by atoms with Crippen molar-refractivity contribution in [3.63, 3.8) is 0 Å². The summed E-state index contributed by atoms with van der Waals surface area (Å²) >= 11 is 0. The average Bonchev–Trinajstić information content (AvgIpc) is 3.41. The third kappa shape index (κ3) is 0.923. The lowest BCUT2D eigenvalue weighted by atomic mass is 10.1. The van der Waals surface area contributed by atoms with Gasteiger partial charge < -0.3 is 0 Å². The van der Waals surface area contributed by atoms with E-state index in [1.54, 1.807) is 0 Å². The summed E-state index contributed by atoms with van der Waals surface area (Å²) in [6.45, 7) is 2.24. The normalized spacial score (nSPS) is 26.9. The molecule has 120 valence electrons. The zero-order valence-electron chi connectivity index (χ0n) is 14.1. The molecule has 2 aromatic heterocycles. The molecule has 1 unspecified atom stereocenters. The summed E-state index contributed by atoms with van der Waals surface area (Å²) in [5.41, 5.74) is 8.96. The number of aromatic nitrogens is 2. The molecule has 6 aliphatic rings. The first-order valence-electron chi connectivity index (χ1n) is 9.06. The van der Waals surface area contributed by atoms with E-state index in [0.29, 0.717) is 0 Å². The second-order valence-electron chi connectivity index (χ2n) is 7.65. The van der Waals surface area contributed by atoms with Crippen LogP contribution in [0.5, 0.6) is 0 Å². The highest BCUT2D eigenvalue weighted by molar-refractivity contribution is 6.17. The Kier molecular flexibility index (Phi) is 1.53. The van der Waals surface area contributed by atoms with Crippen molar-refractivity contribution < 1.29 is 9.15 Å². The van der Waals surface area contributed by atoms with Gasteiger partial charge in [0.1, 0.15) is 0 Å². The van der Waals surface area contributed by atoms with Gasteiger partial charge in [0.05, 0.1) is 27.7 Å². The zero-order chi connectivity index (χ0) is 16.8. The molecule has 0 fully saturated rings. The van der Waals surface area contributed by atoms with Crippen molar-refractivity contribution in [2.24, 2.45) is 0 Å². The predicted molar refractivity (Wildman–Crippen MR) is 99.0 cm³/mol. The molecule has 0 saturated carbocycles. The van der Waals surface area contributed by atoms with Crippen LogP contribution in [0.15, 0.2) is 65.5 Å². The second-order valence-corrected chi connectivity index (χ2v) is 7.65. The summed E-state index contributed by atoms with van der Waals surface area (Å²) in [7, 11) is 0. The van der Waals surface area contributed by atoms with Gasteiger partial charge in [-0.25, -0.2) is 0 Å². The molecule has 26 heavy (non-hydrogen) atoms. The topological polar surface area (TPSA) is 15.9 Å². The maximum atomic E-state index is 2.52. The molecule has 8 heterocycles. The number of allylic oxidation sites excluding steroid dienone is 5. The van der Waals surface area contributed by atoms with Crippen LogP contribution in [-0.4, -0.2) is 29.7 Å². The summed E-state index contributed by atoms with van der Waals surface area (Å²) in [6.07, 6.45) is 16.0. The van der Waals surface area contributed by atoms with Crippen LogP contribution in [0.4, 0.5) is 0 Å². The highest BCUT2D eigenvalue weighted by Gasteiger charge is 2.70. The zero-order valence-corrected chi connectivity index (χ0v) is 14.1. The first-order valence-corrected chi connectivity index (χ1v) is 9.06. The van der Waals surface area contributed by atoms with Crippen molar-refractivity contribution in [2.45, 2.75) is 12.8 Å². The maximum absolute atomic E-state index is 2.52. The van der Waals surface area contributed by atoms with E-state index >= 15 is 0 Å². The molecule has 4 nitrogen and oxygen atoms in total. The summed E-state index contributed by atoms with van der Waals surface area (Å²) < 4.78 is 10.0. The van der Waals surface area contributed by atoms with E-state index in [4.69, 9.17) is 0 Å². The molecule has 1 atom stereocenters. The standard InChI is InChI=1S/C22H14N4/c1-13-20-8-6-18-11-16-4-2-14-10-15-3-5-17-12-19-7-9-21(13)26(19)22(23(14)16,24(15)17)25(18)20/h2-12H,1H3/q+2. The molecule has 0 radical (unpaired) electrons. The van der Waals surface area contributed by atoms with Crippen molar-refractivity contribution in [2.75, 3.05) is 0 Å². The third-order valence-corrected chi connectivity index (χ3v) is 6.56. The predicted octanol–water partition coefficient (Wildman–Crippen LogP) is 1.03. The van der Waals surface area contributed by atoms with Crippen molar-refractivity contribution in [1.29, 1.82) is 0 Å². The molecule has 0 N–H and O–H groups in total. The number of rotatable bonds is 0. The highest BCUT2D eigenvalue weighted by atomic mass is 15.6. The lowest BCUT2D eigenvalue weighted by molar-refractivity contribution is -0.836. The summed E-state index contributed by atoms with van der Waals surface area (Å²) in [5, 5.41) is 2.51. The highest BCUT2D eigenvalue weighted by Crippen LogP contribution is 2.44. The van der Waals surface area contributed by atoms with Crippen LogP contribution in [0.1, 0.15) is 18.3 Å². The van der Waals surface area contributed by atoms with E-state index in [-0.39, 0.29) is 0 Å². The largest absolute Gasteiger partial charge is 0.553 e. The van der Waals surface area contributed by atoms with Crippen molar-refractivity contribution >= 4 is 29.7 Å². The van der Waals surface area contributed by atoms with Crippen LogP contribution < -0.4 is 10.7 Å². The second kappa shape index (κ2) is 3.31. The van der Waals surface area contributed by atoms with Gasteiger partial charge in [-0.15, -0.1) is 0 Å². The molecular weight excluding hydrogens is 320 g/mol. The van der Waals surface area contributed by atoms with Gasteiger partial charge in [0.2, 0.25) is 22.8 Å². The van der Waals surface area contributed by atoms with E-state index in [2.05, 4.69) is 92.0 Å². The molecule has 6 aliphatic heterocycles. The fraction of sp³-hybridized carbons (Fsp3) is 0.0909. The molecule has 0 bridgehead atoms. The fourth-order valence-corrected chi connectivity index (χ4v) is 5.65. The Morgan fingerprint density at radius 3 is 2.46 bits per heavy atom. The molecule has 1 spiro atoms. The van der Waals surface area contributed by atoms with Gasteiger partial charge in [-0.1, -0.05) is 9.15 Å². The third-order valence-electron chi connectivity index (χ3n) is 6.56. The Balaban J connectivity index is 1.77. The van der Waals surface area contributed by atoms with E-state index in [1.807, 2.05) is 0 Å². The monoisotopic (exact) mass is 334 g/mol. The van der Waals surface area contributed by atoms with Gasteiger partial charge in [0, 0.05) is 36.5 Å². The fourth-order valence-electron chi connectivity index (χ4n) is 5.65. The molecule has 4 heteroatoms. The Morgan fingerprint density at radius 2 is 1.58 bits per heavy atom. The average molecular weight is 334 g/mol. The first kappa shape index (κ1) is 12.0. The molecule has 2 aromatic rings. The molecule has 0 aliphatic carbocycles. The Bertz CT molecular complexity index is 1470. The van der Waals surface area contributed by atoms with Crippen molar-refractivity contribution in [1.82, 2.24) is 9.13 Å². The van der Waals surface area contributed by atoms with Gasteiger partial charge in [-0.3, -0.25) is 0 Å². The number of nitrogens with zero attached hydrogens (tertiary/aromatic N) is 4. The number of hydrogen-bond donors (Lipinski definition) is 0. The van der Waals surface area contributed by atoms with Crippen LogP contribution in [0.2, 0.25) is 0 Å². The summed E-state index contributed by atoms with van der Waals surface area (Å²) in [4.78, 5) is 0. The van der Waals surface area contributed by atoms with Crippen molar-refractivity contribution in [3.05, 3.63) is 87.6 Å². The summed E-state index contributed by atoms with van der Waals surface area (Å²) in [5.74, 6) is -0.442. The van der Waals surface area contributed by atoms with E-state index in [0.717, 1.165) is 0 Å². The summed E-state index contributed by atoms with van der Waals surface area (Å²) in [6, 6.07) is 8.98. The van der Waals surface area contributed by atoms with Gasteiger partial charge in [-0.05, 0) is 37.3 Å². The van der Waals surface area contributed by atoms with Crippen LogP contribution in [0, 0.1) is 0 Å². The lowest BCUT2D eigenvalue weighted by Gasteiger charge is -2.38. The van der Waals surface area contributed by atoms with E-state index in [9.17, 15) is 0 Å². The molecule has 0 aromatic carbocycles. The Labute approximate surface area is 148 Å². The van der Waals surface area contributed by atoms with Gasteiger partial charge in [0.15, 0.2) is 0 Å². The van der Waals surface area contributed by atoms with Crippen LogP contribution >= 0.6 is 0 Å². The molecular formula is C22H14N4+2. The Hall–Kier alpha value is -3.40. The first-order chi connectivity index (χ1) is 12.8. The lowest BCUT2D eigenvalue weighted by Crippen LogP contribution is -2.69. The minimum absolute atomic E-state index is 0.442. The van der Waals surface area contributed by atoms with Crippen LogP contribution in [-0.2, 0) is 5.91 Å². The van der Waals surface area contributed by atoms with Gasteiger partial charge >= 0.3 is 5.91 Å². The molecule has 0 amide bonds.